The Hall–Kier alpha value is -3.16. The van der Waals surface area contributed by atoms with Crippen LogP contribution < -0.4 is 0 Å². The van der Waals surface area contributed by atoms with E-state index in [4.69, 9.17) is 0 Å². The Morgan fingerprint density at radius 1 is 0.536 bits per heavy atom. The summed E-state index contributed by atoms with van der Waals surface area (Å²) in [5.74, 6) is 0. The van der Waals surface area contributed by atoms with E-state index in [0.717, 1.165) is 6.42 Å². The van der Waals surface area contributed by atoms with E-state index in [2.05, 4.69) is 84.9 Å². The molecule has 28 heavy (non-hydrogen) atoms. The zero-order valence-corrected chi connectivity index (χ0v) is 16.0. The average Bonchev–Trinajstić information content (AvgIpc) is 3.28. The molecule has 0 unspecified atom stereocenters. The van der Waals surface area contributed by atoms with Crippen LogP contribution in [0, 0.1) is 0 Å². The fourth-order valence-corrected chi connectivity index (χ4v) is 6.12. The van der Waals surface area contributed by atoms with Crippen molar-refractivity contribution in [2.75, 3.05) is 0 Å². The molecule has 7 rings (SSSR count). The molecule has 0 bridgehead atoms. The van der Waals surface area contributed by atoms with Crippen molar-refractivity contribution in [1.82, 2.24) is 0 Å². The highest BCUT2D eigenvalue weighted by atomic mass is 32.1. The highest BCUT2D eigenvalue weighted by molar-refractivity contribution is 7.26. The van der Waals surface area contributed by atoms with E-state index in [1.54, 1.807) is 0 Å². The maximum absolute atomic E-state index is 2.45. The van der Waals surface area contributed by atoms with Gasteiger partial charge in [0.15, 0.2) is 0 Å². The first-order valence-corrected chi connectivity index (χ1v) is 10.6. The second-order valence-corrected chi connectivity index (χ2v) is 8.86. The summed E-state index contributed by atoms with van der Waals surface area (Å²) in [6.07, 6.45) is 1.04. The van der Waals surface area contributed by atoms with Crippen LogP contribution in [0.25, 0.3) is 52.8 Å². The minimum Gasteiger partial charge on any atom is -0.135 e. The Bertz CT molecular complexity index is 1580. The highest BCUT2D eigenvalue weighted by Crippen LogP contribution is 2.44. The molecule has 6 aromatic rings. The molecule has 0 fully saturated rings. The molecule has 1 aliphatic rings. The van der Waals surface area contributed by atoms with E-state index in [1.165, 1.54) is 64.0 Å². The van der Waals surface area contributed by atoms with E-state index in [9.17, 15) is 0 Å². The Labute approximate surface area is 166 Å². The van der Waals surface area contributed by atoms with Gasteiger partial charge in [0.05, 0.1) is 0 Å². The van der Waals surface area contributed by atoms with E-state index >= 15 is 0 Å². The topological polar surface area (TPSA) is 0 Å². The van der Waals surface area contributed by atoms with Gasteiger partial charge in [0.1, 0.15) is 0 Å². The summed E-state index contributed by atoms with van der Waals surface area (Å²) in [7, 11) is 0. The van der Waals surface area contributed by atoms with Gasteiger partial charge in [-0.15, -0.1) is 11.3 Å². The van der Waals surface area contributed by atoms with Gasteiger partial charge < -0.3 is 0 Å². The average molecular weight is 372 g/mol. The molecule has 5 aromatic carbocycles. The monoisotopic (exact) mass is 372 g/mol. The Balaban J connectivity index is 1.58. The predicted molar refractivity (Wildman–Crippen MR) is 123 cm³/mol. The maximum Gasteiger partial charge on any atom is 0.0434 e. The summed E-state index contributed by atoms with van der Waals surface area (Å²) >= 11 is 1.92. The minimum atomic E-state index is 1.04. The summed E-state index contributed by atoms with van der Waals surface area (Å²) in [6.45, 7) is 0. The smallest absolute Gasteiger partial charge is 0.0434 e. The fourth-order valence-electron chi connectivity index (χ4n) is 4.89. The van der Waals surface area contributed by atoms with Gasteiger partial charge in [0.2, 0.25) is 0 Å². The number of fused-ring (bicyclic) bond motifs is 9. The Morgan fingerprint density at radius 3 is 2.14 bits per heavy atom. The molecule has 0 aliphatic heterocycles. The summed E-state index contributed by atoms with van der Waals surface area (Å²) in [6, 6.07) is 31.7. The van der Waals surface area contributed by atoms with Crippen molar-refractivity contribution >= 4 is 53.1 Å². The SMILES string of the molecule is c1ccc2cc3c(cc2c1)Cc1cc2ccc4c5ccccc5sc4c2cc1-3. The van der Waals surface area contributed by atoms with Gasteiger partial charge in [-0.2, -0.15) is 0 Å². The van der Waals surface area contributed by atoms with E-state index < -0.39 is 0 Å². The standard InChI is InChI=1S/C27H16S/c1-2-6-17-14-23-19(11-16(17)5-1)13-20-12-18-9-10-22-21-7-3-4-8-26(21)28-27(22)25(18)15-24(20)23/h1-12,14-15H,13H2. The Morgan fingerprint density at radius 2 is 1.25 bits per heavy atom. The van der Waals surface area contributed by atoms with Crippen molar-refractivity contribution in [1.29, 1.82) is 0 Å². The minimum absolute atomic E-state index is 1.04. The molecule has 0 radical (unpaired) electrons. The van der Waals surface area contributed by atoms with Crippen LogP contribution in [0.5, 0.6) is 0 Å². The molecule has 0 spiro atoms. The van der Waals surface area contributed by atoms with Crippen LogP contribution in [0.2, 0.25) is 0 Å². The lowest BCUT2D eigenvalue weighted by Crippen LogP contribution is -1.82. The molecule has 1 aliphatic carbocycles. The molecular weight excluding hydrogens is 356 g/mol. The first-order chi connectivity index (χ1) is 13.8. The second-order valence-electron chi connectivity index (χ2n) is 7.80. The number of hydrogen-bond acceptors (Lipinski definition) is 1. The van der Waals surface area contributed by atoms with Crippen molar-refractivity contribution in [3.8, 4) is 11.1 Å². The second kappa shape index (κ2) is 5.21. The summed E-state index contributed by atoms with van der Waals surface area (Å²) in [5.41, 5.74) is 5.74. The van der Waals surface area contributed by atoms with Crippen molar-refractivity contribution < 1.29 is 0 Å². The molecule has 0 saturated heterocycles. The van der Waals surface area contributed by atoms with Crippen LogP contribution in [0.3, 0.4) is 0 Å². The molecule has 1 aromatic heterocycles. The summed E-state index contributed by atoms with van der Waals surface area (Å²) in [5, 5.41) is 8.16. The van der Waals surface area contributed by atoms with Crippen molar-refractivity contribution in [3.63, 3.8) is 0 Å². The van der Waals surface area contributed by atoms with Crippen LogP contribution in [0.1, 0.15) is 11.1 Å². The van der Waals surface area contributed by atoms with Gasteiger partial charge in [-0.05, 0) is 63.0 Å². The van der Waals surface area contributed by atoms with Gasteiger partial charge in [-0.25, -0.2) is 0 Å². The maximum atomic E-state index is 2.45. The number of rotatable bonds is 0. The quantitative estimate of drug-likeness (QED) is 0.253. The van der Waals surface area contributed by atoms with Crippen molar-refractivity contribution in [2.24, 2.45) is 0 Å². The molecule has 0 N–H and O–H groups in total. The lowest BCUT2D eigenvalue weighted by molar-refractivity contribution is 1.28. The number of benzene rings is 5. The van der Waals surface area contributed by atoms with Gasteiger partial charge in [0, 0.05) is 25.6 Å². The fraction of sp³-hybridized carbons (Fsp3) is 0.0370. The lowest BCUT2D eigenvalue weighted by Gasteiger charge is -2.07. The van der Waals surface area contributed by atoms with E-state index in [-0.39, 0.29) is 0 Å². The third-order valence-corrected chi connectivity index (χ3v) is 7.45. The number of hydrogen-bond donors (Lipinski definition) is 0. The Kier molecular flexibility index (Phi) is 2.76. The normalized spacial score (nSPS) is 12.9. The van der Waals surface area contributed by atoms with Gasteiger partial charge in [-0.3, -0.25) is 0 Å². The zero-order valence-electron chi connectivity index (χ0n) is 15.2. The van der Waals surface area contributed by atoms with Gasteiger partial charge in [-0.1, -0.05) is 66.7 Å². The first-order valence-electron chi connectivity index (χ1n) is 9.74. The number of thiophene rings is 1. The third kappa shape index (κ3) is 1.89. The van der Waals surface area contributed by atoms with Crippen LogP contribution in [-0.2, 0) is 6.42 Å². The van der Waals surface area contributed by atoms with E-state index in [1.807, 2.05) is 11.3 Å². The van der Waals surface area contributed by atoms with Crippen molar-refractivity contribution in [2.45, 2.75) is 6.42 Å². The van der Waals surface area contributed by atoms with Crippen LogP contribution in [-0.4, -0.2) is 0 Å². The summed E-state index contributed by atoms with van der Waals surface area (Å²) < 4.78 is 2.78. The third-order valence-electron chi connectivity index (χ3n) is 6.23. The highest BCUT2D eigenvalue weighted by Gasteiger charge is 2.21. The van der Waals surface area contributed by atoms with Gasteiger partial charge in [0.25, 0.3) is 0 Å². The summed E-state index contributed by atoms with van der Waals surface area (Å²) in [4.78, 5) is 0. The van der Waals surface area contributed by atoms with Crippen molar-refractivity contribution in [3.05, 3.63) is 96.1 Å². The zero-order chi connectivity index (χ0) is 18.2. The van der Waals surface area contributed by atoms with Crippen LogP contribution in [0.15, 0.2) is 84.9 Å². The molecular formula is C27H16S. The predicted octanol–water partition coefficient (Wildman–Crippen LogP) is 7.93. The molecule has 1 heteroatoms. The van der Waals surface area contributed by atoms with Crippen LogP contribution in [0.4, 0.5) is 0 Å². The van der Waals surface area contributed by atoms with Gasteiger partial charge >= 0.3 is 0 Å². The molecule has 130 valence electrons. The molecule has 0 atom stereocenters. The molecule has 0 amide bonds. The molecule has 1 heterocycles. The molecule has 0 nitrogen and oxygen atoms in total. The first kappa shape index (κ1) is 14.8. The van der Waals surface area contributed by atoms with E-state index in [0.29, 0.717) is 0 Å². The molecule has 0 saturated carbocycles. The largest absolute Gasteiger partial charge is 0.135 e. The van der Waals surface area contributed by atoms with Crippen LogP contribution >= 0.6 is 11.3 Å². The lowest BCUT2D eigenvalue weighted by atomic mass is 9.98.